The molecule has 0 aromatic carbocycles. The zero-order valence-corrected chi connectivity index (χ0v) is 13.1. The molecule has 1 amide bonds. The van der Waals surface area contributed by atoms with Gasteiger partial charge in [-0.3, -0.25) is 4.79 Å². The number of nitrogens with zero attached hydrogens (tertiary/aromatic N) is 4. The monoisotopic (exact) mass is 322 g/mol. The predicted octanol–water partition coefficient (Wildman–Crippen LogP) is 1.87. The fourth-order valence-electron chi connectivity index (χ4n) is 2.85. The van der Waals surface area contributed by atoms with E-state index in [4.69, 9.17) is 0 Å². The number of H-pyrrole nitrogens is 1. The van der Waals surface area contributed by atoms with Crippen molar-refractivity contribution in [3.63, 3.8) is 0 Å². The lowest BCUT2D eigenvalue weighted by Gasteiger charge is -2.27. The highest BCUT2D eigenvalue weighted by molar-refractivity contribution is 5.92. The van der Waals surface area contributed by atoms with E-state index < -0.39 is 0 Å². The highest BCUT2D eigenvalue weighted by Crippen LogP contribution is 2.16. The smallest absolute Gasteiger partial charge is 0.270 e. The van der Waals surface area contributed by atoms with Crippen molar-refractivity contribution < 1.29 is 4.79 Å². The van der Waals surface area contributed by atoms with Crippen molar-refractivity contribution in [3.05, 3.63) is 66.1 Å². The number of nitrogens with one attached hydrogen (secondary N) is 2. The molecule has 3 aromatic rings. The minimum absolute atomic E-state index is 0.0161. The Hall–Kier alpha value is -3.09. The van der Waals surface area contributed by atoms with Crippen LogP contribution in [0.2, 0.25) is 0 Å². The molecule has 7 heteroatoms. The molecule has 0 atom stereocenters. The van der Waals surface area contributed by atoms with E-state index in [1.54, 1.807) is 18.5 Å². The number of fused-ring (bicyclic) bond motifs is 1. The Morgan fingerprint density at radius 3 is 3.00 bits per heavy atom. The molecule has 0 bridgehead atoms. The Kier molecular flexibility index (Phi) is 3.74. The number of carbonyl (C=O) groups is 1. The number of rotatable bonds is 4. The number of carbonyl (C=O) groups excluding carboxylic acids is 1. The normalized spacial score (nSPS) is 13.6. The summed E-state index contributed by atoms with van der Waals surface area (Å²) in [4.78, 5) is 26.1. The van der Waals surface area contributed by atoms with E-state index in [0.29, 0.717) is 25.3 Å². The Morgan fingerprint density at radius 1 is 1.25 bits per heavy atom. The fourth-order valence-corrected chi connectivity index (χ4v) is 2.85. The lowest BCUT2D eigenvalue weighted by molar-refractivity contribution is 0.0702. The molecule has 0 fully saturated rings. The van der Waals surface area contributed by atoms with Crippen LogP contribution in [0.3, 0.4) is 0 Å². The summed E-state index contributed by atoms with van der Waals surface area (Å²) in [5.74, 6) is 1.76. The van der Waals surface area contributed by atoms with Crippen molar-refractivity contribution in [2.75, 3.05) is 11.9 Å². The van der Waals surface area contributed by atoms with Crippen LogP contribution in [-0.4, -0.2) is 36.9 Å². The first-order valence-corrected chi connectivity index (χ1v) is 7.92. The summed E-state index contributed by atoms with van der Waals surface area (Å²) in [5, 5.41) is 3.25. The van der Waals surface area contributed by atoms with E-state index >= 15 is 0 Å². The van der Waals surface area contributed by atoms with Gasteiger partial charge in [0, 0.05) is 31.7 Å². The first kappa shape index (κ1) is 14.5. The van der Waals surface area contributed by atoms with E-state index in [0.717, 1.165) is 23.9 Å². The summed E-state index contributed by atoms with van der Waals surface area (Å²) in [6, 6.07) is 9.38. The highest BCUT2D eigenvalue weighted by atomic mass is 16.2. The Bertz CT molecular complexity index is 824. The number of imidazole rings is 1. The molecule has 0 spiro atoms. The molecule has 0 aliphatic carbocycles. The number of aromatic nitrogens is 4. The van der Waals surface area contributed by atoms with Gasteiger partial charge >= 0.3 is 0 Å². The molecular formula is C17H18N6O. The minimum Gasteiger partial charge on any atom is -0.364 e. The molecule has 122 valence electrons. The van der Waals surface area contributed by atoms with Crippen LogP contribution >= 0.6 is 0 Å². The molecule has 0 radical (unpaired) electrons. The van der Waals surface area contributed by atoms with Crippen molar-refractivity contribution in [2.45, 2.75) is 19.6 Å². The Labute approximate surface area is 139 Å². The van der Waals surface area contributed by atoms with Crippen molar-refractivity contribution in [2.24, 2.45) is 0 Å². The van der Waals surface area contributed by atoms with Crippen LogP contribution in [0.5, 0.6) is 0 Å². The SMILES string of the molecule is O=C(c1ccc[nH]1)N1CCn2cc(CNc3ccccn3)nc2C1. The zero-order valence-electron chi connectivity index (χ0n) is 13.1. The summed E-state index contributed by atoms with van der Waals surface area (Å²) in [6.45, 7) is 2.59. The van der Waals surface area contributed by atoms with Gasteiger partial charge in [0.1, 0.15) is 17.3 Å². The fraction of sp³-hybridized carbons (Fsp3) is 0.235. The Morgan fingerprint density at radius 2 is 2.21 bits per heavy atom. The molecule has 0 saturated carbocycles. The van der Waals surface area contributed by atoms with Crippen molar-refractivity contribution >= 4 is 11.7 Å². The van der Waals surface area contributed by atoms with E-state index in [-0.39, 0.29) is 5.91 Å². The standard InChI is InChI=1S/C17H18N6O/c24-17(14-4-3-7-18-14)23-9-8-22-11-13(21-16(22)12-23)10-20-15-5-1-2-6-19-15/h1-7,11,18H,8-10,12H2,(H,19,20). The molecular weight excluding hydrogens is 304 g/mol. The third-order valence-corrected chi connectivity index (χ3v) is 4.08. The van der Waals surface area contributed by atoms with Gasteiger partial charge < -0.3 is 19.8 Å². The number of anilines is 1. The Balaban J connectivity index is 1.43. The van der Waals surface area contributed by atoms with Gasteiger partial charge in [-0.25, -0.2) is 9.97 Å². The van der Waals surface area contributed by atoms with Gasteiger partial charge in [0.2, 0.25) is 0 Å². The van der Waals surface area contributed by atoms with Gasteiger partial charge in [-0.05, 0) is 24.3 Å². The molecule has 4 heterocycles. The second-order valence-electron chi connectivity index (χ2n) is 5.72. The second-order valence-corrected chi connectivity index (χ2v) is 5.72. The average Bonchev–Trinajstić information content (AvgIpc) is 3.29. The highest BCUT2D eigenvalue weighted by Gasteiger charge is 2.23. The number of hydrogen-bond acceptors (Lipinski definition) is 4. The molecule has 4 rings (SSSR count). The van der Waals surface area contributed by atoms with E-state index in [1.165, 1.54) is 0 Å². The number of pyridine rings is 1. The maximum Gasteiger partial charge on any atom is 0.270 e. The molecule has 1 aliphatic heterocycles. The first-order valence-electron chi connectivity index (χ1n) is 7.92. The molecule has 3 aromatic heterocycles. The van der Waals surface area contributed by atoms with Crippen LogP contribution < -0.4 is 5.32 Å². The summed E-state index contributed by atoms with van der Waals surface area (Å²) in [5.41, 5.74) is 1.57. The molecule has 0 unspecified atom stereocenters. The zero-order chi connectivity index (χ0) is 16.4. The van der Waals surface area contributed by atoms with E-state index in [2.05, 4.69) is 24.8 Å². The van der Waals surface area contributed by atoms with Crippen molar-refractivity contribution in [1.29, 1.82) is 0 Å². The summed E-state index contributed by atoms with van der Waals surface area (Å²) in [6.07, 6.45) is 5.56. The van der Waals surface area contributed by atoms with Crippen LogP contribution in [0.1, 0.15) is 22.0 Å². The lowest BCUT2D eigenvalue weighted by Crippen LogP contribution is -2.38. The first-order chi connectivity index (χ1) is 11.8. The van der Waals surface area contributed by atoms with Gasteiger partial charge in [-0.2, -0.15) is 0 Å². The van der Waals surface area contributed by atoms with Crippen LogP contribution in [0.4, 0.5) is 5.82 Å². The van der Waals surface area contributed by atoms with Crippen molar-refractivity contribution in [3.8, 4) is 0 Å². The molecule has 1 aliphatic rings. The summed E-state index contributed by atoms with van der Waals surface area (Å²) in [7, 11) is 0. The number of aromatic amines is 1. The molecule has 2 N–H and O–H groups in total. The summed E-state index contributed by atoms with van der Waals surface area (Å²) < 4.78 is 2.12. The lowest BCUT2D eigenvalue weighted by atomic mass is 10.3. The maximum absolute atomic E-state index is 12.4. The van der Waals surface area contributed by atoms with Crippen molar-refractivity contribution in [1.82, 2.24) is 24.4 Å². The molecule has 0 saturated heterocycles. The minimum atomic E-state index is 0.0161. The van der Waals surface area contributed by atoms with Gasteiger partial charge in [0.25, 0.3) is 5.91 Å². The van der Waals surface area contributed by atoms with Gasteiger partial charge in [-0.1, -0.05) is 6.07 Å². The summed E-state index contributed by atoms with van der Waals surface area (Å²) >= 11 is 0. The number of amides is 1. The van der Waals surface area contributed by atoms with Gasteiger partial charge in [0.15, 0.2) is 0 Å². The van der Waals surface area contributed by atoms with Crippen LogP contribution in [0, 0.1) is 0 Å². The third kappa shape index (κ3) is 2.88. The van der Waals surface area contributed by atoms with Crippen LogP contribution in [0.25, 0.3) is 0 Å². The van der Waals surface area contributed by atoms with Gasteiger partial charge in [-0.15, -0.1) is 0 Å². The maximum atomic E-state index is 12.4. The predicted molar refractivity (Wildman–Crippen MR) is 89.3 cm³/mol. The average molecular weight is 322 g/mol. The quantitative estimate of drug-likeness (QED) is 0.768. The largest absolute Gasteiger partial charge is 0.364 e. The van der Waals surface area contributed by atoms with Gasteiger partial charge in [0.05, 0.1) is 18.8 Å². The topological polar surface area (TPSA) is 78.8 Å². The molecule has 7 nitrogen and oxygen atoms in total. The van der Waals surface area contributed by atoms with Crippen LogP contribution in [-0.2, 0) is 19.6 Å². The second kappa shape index (κ2) is 6.19. The number of hydrogen-bond donors (Lipinski definition) is 2. The van der Waals surface area contributed by atoms with E-state index in [9.17, 15) is 4.79 Å². The third-order valence-electron chi connectivity index (χ3n) is 4.08. The van der Waals surface area contributed by atoms with E-state index in [1.807, 2.05) is 35.4 Å². The molecule has 24 heavy (non-hydrogen) atoms. The van der Waals surface area contributed by atoms with Crippen LogP contribution in [0.15, 0.2) is 48.9 Å².